The molecule has 1 N–H and O–H groups in total. The normalized spacial score (nSPS) is 22.5. The SMILES string of the molecule is O=C(NCc1ccc(F)cc1)[C@@H]1CC(=O)N(C2CCCCCCC2)C1. The molecule has 136 valence electrons. The lowest BCUT2D eigenvalue weighted by Crippen LogP contribution is -2.38. The zero-order valence-electron chi connectivity index (χ0n) is 14.7. The van der Waals surface area contributed by atoms with E-state index in [2.05, 4.69) is 5.32 Å². The summed E-state index contributed by atoms with van der Waals surface area (Å²) in [7, 11) is 0. The van der Waals surface area contributed by atoms with Crippen LogP contribution < -0.4 is 5.32 Å². The van der Waals surface area contributed by atoms with E-state index < -0.39 is 0 Å². The summed E-state index contributed by atoms with van der Waals surface area (Å²) in [6, 6.07) is 6.41. The molecule has 2 fully saturated rings. The number of nitrogens with one attached hydrogen (secondary N) is 1. The van der Waals surface area contributed by atoms with Crippen LogP contribution >= 0.6 is 0 Å². The lowest BCUT2D eigenvalue weighted by Gasteiger charge is -2.29. The highest BCUT2D eigenvalue weighted by Crippen LogP contribution is 2.27. The van der Waals surface area contributed by atoms with Gasteiger partial charge < -0.3 is 10.2 Å². The van der Waals surface area contributed by atoms with Crippen molar-refractivity contribution in [3.8, 4) is 0 Å². The van der Waals surface area contributed by atoms with Gasteiger partial charge in [-0.05, 0) is 30.5 Å². The molecule has 1 aliphatic carbocycles. The summed E-state index contributed by atoms with van der Waals surface area (Å²) >= 11 is 0. The average molecular weight is 346 g/mol. The molecule has 2 aliphatic rings. The summed E-state index contributed by atoms with van der Waals surface area (Å²) < 4.78 is 12.9. The summed E-state index contributed by atoms with van der Waals surface area (Å²) in [5.41, 5.74) is 0.857. The Kier molecular flexibility index (Phi) is 6.05. The number of amides is 2. The third-order valence-corrected chi connectivity index (χ3v) is 5.42. The highest BCUT2D eigenvalue weighted by atomic mass is 19.1. The van der Waals surface area contributed by atoms with Crippen molar-refractivity contribution in [3.05, 3.63) is 35.6 Å². The maximum absolute atomic E-state index is 12.9. The number of benzene rings is 1. The number of halogens is 1. The Balaban J connectivity index is 1.52. The molecule has 4 nitrogen and oxygen atoms in total. The molecule has 0 spiro atoms. The summed E-state index contributed by atoms with van der Waals surface area (Å²) in [5.74, 6) is -0.511. The van der Waals surface area contributed by atoms with Crippen LogP contribution in [0.1, 0.15) is 56.9 Å². The molecule has 0 bridgehead atoms. The van der Waals surface area contributed by atoms with Gasteiger partial charge in [-0.1, -0.05) is 44.2 Å². The number of hydrogen-bond donors (Lipinski definition) is 1. The van der Waals surface area contributed by atoms with Crippen LogP contribution in [0.15, 0.2) is 24.3 Å². The number of carbonyl (C=O) groups is 2. The van der Waals surface area contributed by atoms with Crippen molar-refractivity contribution in [2.24, 2.45) is 5.92 Å². The first-order chi connectivity index (χ1) is 12.1. The lowest BCUT2D eigenvalue weighted by molar-refractivity contribution is -0.130. The molecule has 0 radical (unpaired) electrons. The van der Waals surface area contributed by atoms with Crippen molar-refractivity contribution in [2.45, 2.75) is 64.0 Å². The smallest absolute Gasteiger partial charge is 0.225 e. The molecular weight excluding hydrogens is 319 g/mol. The summed E-state index contributed by atoms with van der Waals surface area (Å²) in [6.45, 7) is 0.909. The van der Waals surface area contributed by atoms with Gasteiger partial charge in [-0.2, -0.15) is 0 Å². The summed E-state index contributed by atoms with van der Waals surface area (Å²) in [4.78, 5) is 26.8. The average Bonchev–Trinajstić information content (AvgIpc) is 2.96. The van der Waals surface area contributed by atoms with E-state index in [1.165, 1.54) is 44.2 Å². The molecule has 1 saturated heterocycles. The first-order valence-corrected chi connectivity index (χ1v) is 9.45. The molecule has 1 saturated carbocycles. The lowest BCUT2D eigenvalue weighted by atomic mass is 9.96. The highest BCUT2D eigenvalue weighted by molar-refractivity contribution is 5.89. The number of hydrogen-bond acceptors (Lipinski definition) is 2. The van der Waals surface area contributed by atoms with Crippen molar-refractivity contribution < 1.29 is 14.0 Å². The quantitative estimate of drug-likeness (QED) is 0.908. The van der Waals surface area contributed by atoms with E-state index in [0.29, 0.717) is 25.6 Å². The maximum Gasteiger partial charge on any atom is 0.225 e. The third kappa shape index (κ3) is 4.80. The second-order valence-corrected chi connectivity index (χ2v) is 7.29. The predicted molar refractivity (Wildman–Crippen MR) is 94.2 cm³/mol. The van der Waals surface area contributed by atoms with Crippen LogP contribution in [0, 0.1) is 11.7 Å². The molecule has 5 heteroatoms. The van der Waals surface area contributed by atoms with E-state index in [0.717, 1.165) is 18.4 Å². The van der Waals surface area contributed by atoms with Gasteiger partial charge in [0.15, 0.2) is 0 Å². The monoisotopic (exact) mass is 346 g/mol. The Labute approximate surface area is 148 Å². The van der Waals surface area contributed by atoms with Crippen LogP contribution in [-0.4, -0.2) is 29.3 Å². The molecule has 0 unspecified atom stereocenters. The first-order valence-electron chi connectivity index (χ1n) is 9.45. The van der Waals surface area contributed by atoms with Gasteiger partial charge in [0, 0.05) is 25.6 Å². The Morgan fingerprint density at radius 3 is 2.40 bits per heavy atom. The van der Waals surface area contributed by atoms with Gasteiger partial charge in [-0.25, -0.2) is 4.39 Å². The topological polar surface area (TPSA) is 49.4 Å². The second kappa shape index (κ2) is 8.45. The molecule has 1 aromatic carbocycles. The van der Waals surface area contributed by atoms with Gasteiger partial charge >= 0.3 is 0 Å². The fourth-order valence-corrected chi connectivity index (χ4v) is 3.94. The minimum absolute atomic E-state index is 0.0778. The Hall–Kier alpha value is -1.91. The highest BCUT2D eigenvalue weighted by Gasteiger charge is 2.37. The van der Waals surface area contributed by atoms with Gasteiger partial charge in [-0.15, -0.1) is 0 Å². The Morgan fingerprint density at radius 2 is 1.72 bits per heavy atom. The zero-order chi connectivity index (χ0) is 17.6. The van der Waals surface area contributed by atoms with Crippen molar-refractivity contribution >= 4 is 11.8 Å². The fourth-order valence-electron chi connectivity index (χ4n) is 3.94. The van der Waals surface area contributed by atoms with Crippen molar-refractivity contribution in [3.63, 3.8) is 0 Å². The minimum Gasteiger partial charge on any atom is -0.352 e. The van der Waals surface area contributed by atoms with Crippen molar-refractivity contribution in [1.82, 2.24) is 10.2 Å². The Bertz CT molecular complexity index is 594. The van der Waals surface area contributed by atoms with Crippen molar-refractivity contribution in [2.75, 3.05) is 6.54 Å². The molecule has 25 heavy (non-hydrogen) atoms. The van der Waals surface area contributed by atoms with Gasteiger partial charge in [-0.3, -0.25) is 9.59 Å². The maximum atomic E-state index is 12.9. The van der Waals surface area contributed by atoms with Gasteiger partial charge in [0.2, 0.25) is 11.8 Å². The van der Waals surface area contributed by atoms with Gasteiger partial charge in [0.1, 0.15) is 5.82 Å². The summed E-state index contributed by atoms with van der Waals surface area (Å²) in [6.07, 6.45) is 8.60. The van der Waals surface area contributed by atoms with Crippen molar-refractivity contribution in [1.29, 1.82) is 0 Å². The van der Waals surface area contributed by atoms with Crippen LogP contribution in [0.5, 0.6) is 0 Å². The molecule has 3 rings (SSSR count). The van der Waals surface area contributed by atoms with E-state index >= 15 is 0 Å². The van der Waals surface area contributed by atoms with Crippen LogP contribution in [0.3, 0.4) is 0 Å². The van der Waals surface area contributed by atoms with Crippen LogP contribution in [-0.2, 0) is 16.1 Å². The number of rotatable bonds is 4. The Morgan fingerprint density at radius 1 is 1.08 bits per heavy atom. The fraction of sp³-hybridized carbons (Fsp3) is 0.600. The third-order valence-electron chi connectivity index (χ3n) is 5.42. The van der Waals surface area contributed by atoms with E-state index in [9.17, 15) is 14.0 Å². The standard InChI is InChI=1S/C20H27FN2O2/c21-17-10-8-15(9-11-17)13-22-20(25)16-12-19(24)23(14-16)18-6-4-2-1-3-5-7-18/h8-11,16,18H,1-7,12-14H2,(H,22,25)/t16-/m1/s1. The minimum atomic E-state index is -0.286. The largest absolute Gasteiger partial charge is 0.352 e. The predicted octanol–water partition coefficient (Wildman–Crippen LogP) is 3.40. The van der Waals surface area contributed by atoms with E-state index in [1.807, 2.05) is 4.90 Å². The van der Waals surface area contributed by atoms with Crippen LogP contribution in [0.2, 0.25) is 0 Å². The number of carbonyl (C=O) groups excluding carboxylic acids is 2. The van der Waals surface area contributed by atoms with Crippen LogP contribution in [0.4, 0.5) is 4.39 Å². The van der Waals surface area contributed by atoms with E-state index in [4.69, 9.17) is 0 Å². The van der Waals surface area contributed by atoms with Gasteiger partial charge in [0.05, 0.1) is 5.92 Å². The molecular formula is C20H27FN2O2. The number of likely N-dealkylation sites (tertiary alicyclic amines) is 1. The van der Waals surface area contributed by atoms with E-state index in [-0.39, 0.29) is 23.5 Å². The molecule has 1 aromatic rings. The molecule has 1 aliphatic heterocycles. The number of nitrogens with zero attached hydrogens (tertiary/aromatic N) is 1. The molecule has 1 atom stereocenters. The molecule has 2 amide bonds. The molecule has 1 heterocycles. The van der Waals surface area contributed by atoms with E-state index in [1.54, 1.807) is 12.1 Å². The van der Waals surface area contributed by atoms with Crippen LogP contribution in [0.25, 0.3) is 0 Å². The second-order valence-electron chi connectivity index (χ2n) is 7.29. The molecule has 0 aromatic heterocycles. The van der Waals surface area contributed by atoms with Gasteiger partial charge in [0.25, 0.3) is 0 Å². The first kappa shape index (κ1) is 17.9. The zero-order valence-corrected chi connectivity index (χ0v) is 14.7. The summed E-state index contributed by atoms with van der Waals surface area (Å²) in [5, 5.41) is 2.89.